The van der Waals surface area contributed by atoms with Crippen LogP contribution in [0.25, 0.3) is 10.8 Å². The minimum absolute atomic E-state index is 0.0171. The molecule has 5 rings (SSSR count). The lowest BCUT2D eigenvalue weighted by Gasteiger charge is -2.22. The molecule has 126 valence electrons. The van der Waals surface area contributed by atoms with Crippen LogP contribution in [0.3, 0.4) is 0 Å². The van der Waals surface area contributed by atoms with Crippen molar-refractivity contribution in [2.75, 3.05) is 10.7 Å². The molecule has 1 unspecified atom stereocenters. The van der Waals surface area contributed by atoms with Crippen LogP contribution in [-0.4, -0.2) is 23.4 Å². The fraction of sp³-hybridized carbons (Fsp3) is 0.0909. The van der Waals surface area contributed by atoms with Gasteiger partial charge >= 0.3 is 0 Å². The molecule has 0 aliphatic carbocycles. The predicted molar refractivity (Wildman–Crippen MR) is 109 cm³/mol. The van der Waals surface area contributed by atoms with Gasteiger partial charge in [-0.15, -0.1) is 11.8 Å². The van der Waals surface area contributed by atoms with Crippen molar-refractivity contribution in [3.05, 3.63) is 83.8 Å². The summed E-state index contributed by atoms with van der Waals surface area (Å²) in [6, 6.07) is 22.3. The Balaban J connectivity index is 1.62. The smallest absolute Gasteiger partial charge is 0.278 e. The number of nitrogens with zero attached hydrogens (tertiary/aromatic N) is 2. The topological polar surface area (TPSA) is 32.7 Å². The van der Waals surface area contributed by atoms with Crippen LogP contribution in [-0.2, 0) is 4.79 Å². The van der Waals surface area contributed by atoms with Gasteiger partial charge in [-0.3, -0.25) is 9.69 Å². The maximum atomic E-state index is 13.2. The van der Waals surface area contributed by atoms with Gasteiger partial charge in [0.1, 0.15) is 5.71 Å². The number of fused-ring (bicyclic) bond motifs is 2. The van der Waals surface area contributed by atoms with Crippen LogP contribution in [0.5, 0.6) is 0 Å². The maximum Gasteiger partial charge on any atom is 0.278 e. The number of thioether (sulfide) groups is 1. The standard InChI is InChI=1S/C22H16N2OS/c25-22-21(23-17-10-9-15-5-1-2-6-16(15)13-17)19-7-3-4-8-20(19)24(22)18-11-12-26-14-18/h1-13,18H,14H2. The summed E-state index contributed by atoms with van der Waals surface area (Å²) in [6.45, 7) is 0. The summed E-state index contributed by atoms with van der Waals surface area (Å²) in [7, 11) is 0. The lowest BCUT2D eigenvalue weighted by molar-refractivity contribution is -0.112. The summed E-state index contributed by atoms with van der Waals surface area (Å²) in [4.78, 5) is 19.8. The van der Waals surface area contributed by atoms with E-state index in [9.17, 15) is 4.79 Å². The van der Waals surface area contributed by atoms with Crippen LogP contribution < -0.4 is 4.90 Å². The molecule has 0 bridgehead atoms. The summed E-state index contributed by atoms with van der Waals surface area (Å²) in [6.07, 6.45) is 2.10. The Morgan fingerprint density at radius 2 is 1.77 bits per heavy atom. The number of amides is 1. The van der Waals surface area contributed by atoms with E-state index in [0.29, 0.717) is 5.71 Å². The number of carbonyl (C=O) groups excluding carboxylic acids is 1. The second-order valence-corrected chi connectivity index (χ2v) is 7.35. The molecule has 4 heteroatoms. The van der Waals surface area contributed by atoms with E-state index in [1.54, 1.807) is 11.8 Å². The highest BCUT2D eigenvalue weighted by molar-refractivity contribution is 8.02. The Morgan fingerprint density at radius 1 is 0.962 bits per heavy atom. The molecule has 1 amide bonds. The summed E-state index contributed by atoms with van der Waals surface area (Å²) in [5.41, 5.74) is 3.20. The Hall–Kier alpha value is -2.85. The first-order chi connectivity index (χ1) is 12.8. The van der Waals surface area contributed by atoms with Gasteiger partial charge < -0.3 is 0 Å². The molecule has 0 N–H and O–H groups in total. The number of aliphatic imine (C=N–C) groups is 1. The van der Waals surface area contributed by atoms with Gasteiger partial charge in [0, 0.05) is 11.3 Å². The van der Waals surface area contributed by atoms with Crippen LogP contribution in [0.1, 0.15) is 5.56 Å². The van der Waals surface area contributed by atoms with Gasteiger partial charge in [0.2, 0.25) is 0 Å². The fourth-order valence-electron chi connectivity index (χ4n) is 3.55. The minimum Gasteiger partial charge on any atom is -0.299 e. The van der Waals surface area contributed by atoms with E-state index in [4.69, 9.17) is 4.99 Å². The second-order valence-electron chi connectivity index (χ2n) is 6.41. The first kappa shape index (κ1) is 15.4. The first-order valence-corrected chi connectivity index (χ1v) is 9.65. The molecule has 0 spiro atoms. The Kier molecular flexibility index (Phi) is 3.64. The third-order valence-electron chi connectivity index (χ3n) is 4.81. The molecule has 1 atom stereocenters. The number of carbonyl (C=O) groups is 1. The summed E-state index contributed by atoms with van der Waals surface area (Å²) >= 11 is 1.74. The van der Waals surface area contributed by atoms with Crippen molar-refractivity contribution in [3.63, 3.8) is 0 Å². The van der Waals surface area contributed by atoms with Crippen molar-refractivity contribution in [2.45, 2.75) is 6.04 Å². The van der Waals surface area contributed by atoms with Crippen LogP contribution >= 0.6 is 11.8 Å². The Morgan fingerprint density at radius 3 is 2.62 bits per heavy atom. The molecule has 3 aromatic rings. The van der Waals surface area contributed by atoms with Crippen molar-refractivity contribution in [3.8, 4) is 0 Å². The van der Waals surface area contributed by atoms with E-state index in [0.717, 1.165) is 28.1 Å². The molecule has 26 heavy (non-hydrogen) atoms. The van der Waals surface area contributed by atoms with Gasteiger partial charge in [-0.1, -0.05) is 54.6 Å². The molecule has 0 saturated heterocycles. The molecule has 0 aromatic heterocycles. The lowest BCUT2D eigenvalue weighted by atomic mass is 10.1. The summed E-state index contributed by atoms with van der Waals surface area (Å²) < 4.78 is 0. The molecule has 2 aliphatic rings. The third kappa shape index (κ3) is 2.45. The highest BCUT2D eigenvalue weighted by Gasteiger charge is 2.37. The zero-order valence-corrected chi connectivity index (χ0v) is 14.8. The quantitative estimate of drug-likeness (QED) is 0.652. The van der Waals surface area contributed by atoms with Crippen LogP contribution in [0.15, 0.2) is 83.2 Å². The average Bonchev–Trinajstić information content (AvgIpc) is 3.29. The van der Waals surface area contributed by atoms with Gasteiger partial charge in [-0.2, -0.15) is 0 Å². The van der Waals surface area contributed by atoms with Crippen molar-refractivity contribution in [1.29, 1.82) is 0 Å². The van der Waals surface area contributed by atoms with Gasteiger partial charge in [-0.25, -0.2) is 4.99 Å². The maximum absolute atomic E-state index is 13.2. The van der Waals surface area contributed by atoms with Crippen molar-refractivity contribution < 1.29 is 4.79 Å². The highest BCUT2D eigenvalue weighted by atomic mass is 32.2. The van der Waals surface area contributed by atoms with Gasteiger partial charge in [0.25, 0.3) is 5.91 Å². The monoisotopic (exact) mass is 356 g/mol. The Labute approximate surface area is 156 Å². The van der Waals surface area contributed by atoms with E-state index < -0.39 is 0 Å². The second kappa shape index (κ2) is 6.15. The number of rotatable bonds is 2. The van der Waals surface area contributed by atoms with Gasteiger partial charge in [0.15, 0.2) is 0 Å². The molecule has 3 aromatic carbocycles. The third-order valence-corrected chi connectivity index (χ3v) is 5.69. The fourth-order valence-corrected chi connectivity index (χ4v) is 4.41. The molecule has 2 aliphatic heterocycles. The lowest BCUT2D eigenvalue weighted by Crippen LogP contribution is -2.39. The first-order valence-electron chi connectivity index (χ1n) is 8.60. The van der Waals surface area contributed by atoms with Crippen molar-refractivity contribution in [2.24, 2.45) is 4.99 Å². The van der Waals surface area contributed by atoms with Crippen LogP contribution in [0, 0.1) is 0 Å². The minimum atomic E-state index is -0.0171. The number of para-hydroxylation sites is 1. The Bertz CT molecular complexity index is 1090. The van der Waals surface area contributed by atoms with Gasteiger partial charge in [0.05, 0.1) is 17.4 Å². The molecule has 2 heterocycles. The summed E-state index contributed by atoms with van der Waals surface area (Å²) in [5.74, 6) is 0.875. The zero-order valence-electron chi connectivity index (χ0n) is 14.0. The van der Waals surface area contributed by atoms with Gasteiger partial charge in [-0.05, 0) is 34.4 Å². The van der Waals surface area contributed by atoms with Crippen molar-refractivity contribution in [1.82, 2.24) is 0 Å². The number of benzene rings is 3. The average molecular weight is 356 g/mol. The molecule has 3 nitrogen and oxygen atoms in total. The van der Waals surface area contributed by atoms with Crippen LogP contribution in [0.4, 0.5) is 11.4 Å². The van der Waals surface area contributed by atoms with E-state index in [1.165, 1.54) is 5.39 Å². The van der Waals surface area contributed by atoms with E-state index in [2.05, 4.69) is 23.6 Å². The molecule has 0 saturated carbocycles. The largest absolute Gasteiger partial charge is 0.299 e. The normalized spacial score (nSPS) is 20.3. The van der Waals surface area contributed by atoms with E-state index >= 15 is 0 Å². The predicted octanol–water partition coefficient (Wildman–Crippen LogP) is 4.94. The SMILES string of the molecule is O=C1C(=Nc2ccc3ccccc3c2)c2ccccc2N1C1C=CSC1. The zero-order chi connectivity index (χ0) is 17.5. The number of anilines is 1. The molecular weight excluding hydrogens is 340 g/mol. The van der Waals surface area contributed by atoms with E-state index in [-0.39, 0.29) is 11.9 Å². The molecular formula is C22H16N2OS. The highest BCUT2D eigenvalue weighted by Crippen LogP contribution is 2.35. The van der Waals surface area contributed by atoms with E-state index in [1.807, 2.05) is 59.5 Å². The van der Waals surface area contributed by atoms with Crippen molar-refractivity contribution >= 4 is 45.5 Å². The number of hydrogen-bond donors (Lipinski definition) is 0. The molecule has 0 fully saturated rings. The summed E-state index contributed by atoms with van der Waals surface area (Å²) in [5, 5.41) is 4.36. The number of hydrogen-bond acceptors (Lipinski definition) is 3. The molecule has 0 radical (unpaired) electrons. The van der Waals surface area contributed by atoms with Crippen LogP contribution in [0.2, 0.25) is 0 Å².